The maximum Gasteiger partial charge on any atom is 0.258 e. The van der Waals surface area contributed by atoms with E-state index in [9.17, 15) is 9.59 Å². The van der Waals surface area contributed by atoms with Crippen LogP contribution >= 0.6 is 0 Å². The third kappa shape index (κ3) is 10.9. The first-order valence-corrected chi connectivity index (χ1v) is 19.1. The van der Waals surface area contributed by atoms with Gasteiger partial charge in [0.15, 0.2) is 0 Å². The Morgan fingerprint density at radius 2 is 0.741 bits per heavy atom. The number of carbonyl (C=O) groups is 2. The lowest BCUT2D eigenvalue weighted by atomic mass is 10.1. The zero-order valence-electron chi connectivity index (χ0n) is 32.4. The standard InChI is InChI=1S/C46H56N4O2.2BrH/c1-49(2,33-19-29-47-43(35-37-21-9-7-10-22-37)39-25-13-15-27-41(39)45(47)51)31-17-5-6-18-32-50(3,4)34-20-30-48-44(36-38-23-11-8-12-24-38)40-26-14-16-28-42(40)46(48)52;;/h7-16,21-28,35-36H,5-6,17-20,29-34H2,1-4H3;2*1H/q+2;;/p-2/b43-35+,44-36+;;. The Morgan fingerprint density at radius 3 is 1.11 bits per heavy atom. The van der Waals surface area contributed by atoms with Crippen LogP contribution in [0.1, 0.15) is 81.5 Å². The van der Waals surface area contributed by atoms with Crippen LogP contribution in [-0.2, 0) is 0 Å². The highest BCUT2D eigenvalue weighted by atomic mass is 79.9. The van der Waals surface area contributed by atoms with Crippen LogP contribution in [0, 0.1) is 0 Å². The summed E-state index contributed by atoms with van der Waals surface area (Å²) in [4.78, 5) is 30.8. The largest absolute Gasteiger partial charge is 1.00 e. The van der Waals surface area contributed by atoms with E-state index >= 15 is 0 Å². The molecular weight excluding hydrogens is 800 g/mol. The summed E-state index contributed by atoms with van der Waals surface area (Å²) in [7, 11) is 9.30. The highest BCUT2D eigenvalue weighted by Gasteiger charge is 2.33. The van der Waals surface area contributed by atoms with E-state index in [1.165, 1.54) is 25.7 Å². The third-order valence-corrected chi connectivity index (χ3v) is 10.7. The van der Waals surface area contributed by atoms with Crippen molar-refractivity contribution in [2.75, 3.05) is 67.5 Å². The fourth-order valence-electron chi connectivity index (χ4n) is 7.73. The molecule has 6 nitrogen and oxygen atoms in total. The zero-order valence-corrected chi connectivity index (χ0v) is 35.6. The normalized spacial score (nSPS) is 15.3. The van der Waals surface area contributed by atoms with Crippen LogP contribution in [0.2, 0.25) is 0 Å². The third-order valence-electron chi connectivity index (χ3n) is 10.7. The van der Waals surface area contributed by atoms with Crippen molar-refractivity contribution < 1.29 is 52.5 Å². The van der Waals surface area contributed by atoms with Gasteiger partial charge in [-0.15, -0.1) is 0 Å². The van der Waals surface area contributed by atoms with Crippen molar-refractivity contribution in [1.82, 2.24) is 9.80 Å². The molecule has 0 radical (unpaired) electrons. The monoisotopic (exact) mass is 854 g/mol. The lowest BCUT2D eigenvalue weighted by Crippen LogP contribution is -3.00. The van der Waals surface area contributed by atoms with E-state index in [2.05, 4.69) is 76.7 Å². The Balaban J connectivity index is 0.00000325. The number of halogens is 2. The first-order valence-electron chi connectivity index (χ1n) is 19.1. The molecule has 4 aromatic rings. The lowest BCUT2D eigenvalue weighted by Gasteiger charge is -2.31. The minimum absolute atomic E-state index is 0. The van der Waals surface area contributed by atoms with Crippen molar-refractivity contribution in [2.24, 2.45) is 0 Å². The SMILES string of the molecule is C[N+](C)(CCCCCC[N+](C)(C)CCCN1C(=O)c2ccccc2/C1=C\c1ccccc1)CCCN1C(=O)c2ccccc2/C1=C\c1ccccc1.[Br-].[Br-]. The molecule has 0 fully saturated rings. The Morgan fingerprint density at radius 1 is 0.426 bits per heavy atom. The first-order chi connectivity index (χ1) is 25.1. The predicted molar refractivity (Wildman–Crippen MR) is 215 cm³/mol. The van der Waals surface area contributed by atoms with Gasteiger partial charge in [-0.3, -0.25) is 9.59 Å². The van der Waals surface area contributed by atoms with Crippen LogP contribution in [0.4, 0.5) is 0 Å². The summed E-state index contributed by atoms with van der Waals surface area (Å²) in [6.07, 6.45) is 11.1. The van der Waals surface area contributed by atoms with Gasteiger partial charge in [-0.05, 0) is 61.1 Å². The van der Waals surface area contributed by atoms with Crippen molar-refractivity contribution in [2.45, 2.75) is 38.5 Å². The summed E-state index contributed by atoms with van der Waals surface area (Å²) in [5, 5.41) is 0. The minimum Gasteiger partial charge on any atom is -1.00 e. The van der Waals surface area contributed by atoms with Gasteiger partial charge in [0.2, 0.25) is 0 Å². The molecule has 0 atom stereocenters. The molecule has 286 valence electrons. The van der Waals surface area contributed by atoms with E-state index in [4.69, 9.17) is 0 Å². The molecule has 0 aliphatic carbocycles. The molecule has 0 aromatic heterocycles. The predicted octanol–water partition coefficient (Wildman–Crippen LogP) is 2.80. The number of hydrogen-bond donors (Lipinski definition) is 0. The molecule has 0 unspecified atom stereocenters. The smallest absolute Gasteiger partial charge is 0.258 e. The number of quaternary nitrogens is 2. The van der Waals surface area contributed by atoms with Crippen LogP contribution in [0.25, 0.3) is 23.5 Å². The van der Waals surface area contributed by atoms with Crippen molar-refractivity contribution in [1.29, 1.82) is 0 Å². The molecule has 2 heterocycles. The van der Waals surface area contributed by atoms with Crippen LogP contribution < -0.4 is 34.0 Å². The number of carbonyl (C=O) groups excluding carboxylic acids is 2. The summed E-state index contributed by atoms with van der Waals surface area (Å²) in [6, 6.07) is 36.6. The van der Waals surface area contributed by atoms with Gasteiger partial charge >= 0.3 is 0 Å². The second kappa shape index (κ2) is 19.7. The molecule has 2 amide bonds. The van der Waals surface area contributed by atoms with E-state index in [1.54, 1.807) is 0 Å². The number of nitrogens with zero attached hydrogens (tertiary/aromatic N) is 4. The second-order valence-corrected chi connectivity index (χ2v) is 15.8. The molecule has 2 aliphatic heterocycles. The molecule has 2 aliphatic rings. The summed E-state index contributed by atoms with van der Waals surface area (Å²) in [6.45, 7) is 5.81. The highest BCUT2D eigenvalue weighted by Crippen LogP contribution is 2.35. The Hall–Kier alpha value is -3.82. The second-order valence-electron chi connectivity index (χ2n) is 15.8. The summed E-state index contributed by atoms with van der Waals surface area (Å²) >= 11 is 0. The van der Waals surface area contributed by atoms with E-state index in [0.29, 0.717) is 0 Å². The van der Waals surface area contributed by atoms with Gasteiger partial charge in [-0.2, -0.15) is 0 Å². The molecule has 54 heavy (non-hydrogen) atoms. The topological polar surface area (TPSA) is 40.6 Å². The van der Waals surface area contributed by atoms with Gasteiger partial charge in [-0.25, -0.2) is 0 Å². The Kier molecular flexibility index (Phi) is 15.6. The number of unbranched alkanes of at least 4 members (excludes halogenated alkanes) is 3. The van der Waals surface area contributed by atoms with Gasteiger partial charge in [0.25, 0.3) is 11.8 Å². The molecule has 0 saturated carbocycles. The number of hydrogen-bond acceptors (Lipinski definition) is 2. The van der Waals surface area contributed by atoms with Crippen LogP contribution in [-0.4, -0.2) is 98.0 Å². The zero-order chi connectivity index (χ0) is 36.6. The van der Waals surface area contributed by atoms with Crippen molar-refractivity contribution in [3.05, 3.63) is 143 Å². The average Bonchev–Trinajstić information content (AvgIpc) is 3.56. The minimum atomic E-state index is 0. The summed E-state index contributed by atoms with van der Waals surface area (Å²) < 4.78 is 1.93. The molecule has 6 rings (SSSR count). The lowest BCUT2D eigenvalue weighted by molar-refractivity contribution is -0.891. The van der Waals surface area contributed by atoms with Crippen molar-refractivity contribution in [3.8, 4) is 0 Å². The van der Waals surface area contributed by atoms with Gasteiger partial charge in [-0.1, -0.05) is 97.1 Å². The molecular formula is C46H56Br2N4O2. The van der Waals surface area contributed by atoms with E-state index < -0.39 is 0 Å². The molecule has 0 N–H and O–H groups in total. The number of rotatable bonds is 17. The average molecular weight is 857 g/mol. The van der Waals surface area contributed by atoms with Gasteiger partial charge in [0.1, 0.15) is 0 Å². The molecule has 0 bridgehead atoms. The van der Waals surface area contributed by atoms with E-state index in [0.717, 1.165) is 106 Å². The van der Waals surface area contributed by atoms with Crippen molar-refractivity contribution in [3.63, 3.8) is 0 Å². The van der Waals surface area contributed by atoms with Gasteiger partial charge in [0.05, 0.1) is 65.8 Å². The number of amides is 2. The Labute approximate surface area is 344 Å². The quantitative estimate of drug-likeness (QED) is 0.121. The van der Waals surface area contributed by atoms with Crippen LogP contribution in [0.15, 0.2) is 109 Å². The fourth-order valence-corrected chi connectivity index (χ4v) is 7.73. The number of benzene rings is 4. The molecule has 4 aromatic carbocycles. The number of fused-ring (bicyclic) bond motifs is 2. The van der Waals surface area contributed by atoms with Crippen LogP contribution in [0.3, 0.4) is 0 Å². The van der Waals surface area contributed by atoms with Gasteiger partial charge in [0, 0.05) is 48.2 Å². The first kappa shape index (κ1) is 42.9. The molecule has 0 spiro atoms. The molecule has 8 heteroatoms. The Bertz CT molecular complexity index is 1770. The highest BCUT2D eigenvalue weighted by molar-refractivity contribution is 6.12. The maximum absolute atomic E-state index is 13.4. The maximum atomic E-state index is 13.4. The summed E-state index contributed by atoms with van der Waals surface area (Å²) in [5.41, 5.74) is 7.92. The van der Waals surface area contributed by atoms with Gasteiger partial charge < -0.3 is 52.7 Å². The van der Waals surface area contributed by atoms with Crippen molar-refractivity contribution >= 4 is 35.4 Å². The van der Waals surface area contributed by atoms with Crippen LogP contribution in [0.5, 0.6) is 0 Å². The fraction of sp³-hybridized carbons (Fsp3) is 0.348. The van der Waals surface area contributed by atoms with E-state index in [1.807, 2.05) is 82.6 Å². The summed E-state index contributed by atoms with van der Waals surface area (Å²) in [5.74, 6) is 0.230. The van der Waals surface area contributed by atoms with E-state index in [-0.39, 0.29) is 45.8 Å². The molecule has 0 saturated heterocycles.